The first-order chi connectivity index (χ1) is 16.6. The van der Waals surface area contributed by atoms with Crippen LogP contribution < -0.4 is 10.5 Å². The van der Waals surface area contributed by atoms with E-state index < -0.39 is 0 Å². The molecule has 0 radical (unpaired) electrons. The van der Waals surface area contributed by atoms with Crippen molar-refractivity contribution in [2.24, 2.45) is 0 Å². The highest BCUT2D eigenvalue weighted by Crippen LogP contribution is 2.33. The number of aromatic nitrogens is 2. The number of nitriles is 1. The van der Waals surface area contributed by atoms with Crippen molar-refractivity contribution in [1.82, 2.24) is 9.97 Å². The molecule has 0 saturated carbocycles. The smallest absolute Gasteiger partial charge is 0.336 e. The number of fused-ring (bicyclic) bond motifs is 1. The van der Waals surface area contributed by atoms with Crippen molar-refractivity contribution in [3.05, 3.63) is 81.7 Å². The summed E-state index contributed by atoms with van der Waals surface area (Å²) in [6, 6.07) is 19.3. The monoisotopic (exact) mass is 470 g/mol. The standard InChI is InChI=1S/C26H22N4O3S/c1-17-7-8-22-20(13-17)19(14-23(31)33-22)16-34-26-28-24(18-5-3-2-4-6-18)21(15-27)25(29-26)30-9-11-32-12-10-30/h2-8,13-14H,9-12,16H2,1H3. The van der Waals surface area contributed by atoms with E-state index in [4.69, 9.17) is 19.1 Å². The van der Waals surface area contributed by atoms with Gasteiger partial charge in [-0.1, -0.05) is 53.7 Å². The molecule has 0 bridgehead atoms. The molecule has 170 valence electrons. The zero-order valence-electron chi connectivity index (χ0n) is 18.7. The molecule has 0 aliphatic carbocycles. The lowest BCUT2D eigenvalue weighted by molar-refractivity contribution is 0.122. The summed E-state index contributed by atoms with van der Waals surface area (Å²) < 4.78 is 10.9. The first-order valence-electron chi connectivity index (χ1n) is 11.0. The molecule has 0 N–H and O–H groups in total. The lowest BCUT2D eigenvalue weighted by Crippen LogP contribution is -2.37. The van der Waals surface area contributed by atoms with Crippen molar-refractivity contribution >= 4 is 28.5 Å². The molecule has 8 heteroatoms. The molecule has 0 unspecified atom stereocenters. The average Bonchev–Trinajstić information content (AvgIpc) is 2.88. The number of anilines is 1. The number of hydrogen-bond donors (Lipinski definition) is 0. The molecule has 1 aliphatic rings. The van der Waals surface area contributed by atoms with Crippen LogP contribution in [-0.2, 0) is 10.5 Å². The van der Waals surface area contributed by atoms with Crippen LogP contribution in [0.3, 0.4) is 0 Å². The Labute approximate surface area is 201 Å². The third kappa shape index (κ3) is 4.53. The number of thioether (sulfide) groups is 1. The van der Waals surface area contributed by atoms with Gasteiger partial charge in [0.15, 0.2) is 11.0 Å². The first-order valence-corrected chi connectivity index (χ1v) is 12.0. The SMILES string of the molecule is Cc1ccc2oc(=O)cc(CSc3nc(-c4ccccc4)c(C#N)c(N4CCOCC4)n3)c2c1. The number of rotatable bonds is 5. The molecule has 3 heterocycles. The predicted molar refractivity (Wildman–Crippen MR) is 132 cm³/mol. The second-order valence-electron chi connectivity index (χ2n) is 8.01. The van der Waals surface area contributed by atoms with Crippen LogP contribution in [0, 0.1) is 18.3 Å². The summed E-state index contributed by atoms with van der Waals surface area (Å²) >= 11 is 1.44. The van der Waals surface area contributed by atoms with Gasteiger partial charge in [0.1, 0.15) is 17.2 Å². The molecule has 0 amide bonds. The predicted octanol–water partition coefficient (Wildman–Crippen LogP) is 4.56. The maximum Gasteiger partial charge on any atom is 0.336 e. The van der Waals surface area contributed by atoms with E-state index in [-0.39, 0.29) is 5.63 Å². The molecule has 5 rings (SSSR count). The van der Waals surface area contributed by atoms with E-state index >= 15 is 0 Å². The normalized spacial score (nSPS) is 13.7. The number of aryl methyl sites for hydroxylation is 1. The Kier molecular flexibility index (Phi) is 6.30. The number of nitrogens with zero attached hydrogens (tertiary/aromatic N) is 4. The van der Waals surface area contributed by atoms with E-state index in [9.17, 15) is 10.1 Å². The van der Waals surface area contributed by atoms with Crippen molar-refractivity contribution in [3.63, 3.8) is 0 Å². The number of hydrogen-bond acceptors (Lipinski definition) is 8. The Balaban J connectivity index is 1.57. The van der Waals surface area contributed by atoms with Gasteiger partial charge < -0.3 is 14.1 Å². The Hall–Kier alpha value is -3.67. The highest BCUT2D eigenvalue weighted by Gasteiger charge is 2.22. The third-order valence-corrected chi connectivity index (χ3v) is 6.58. The highest BCUT2D eigenvalue weighted by atomic mass is 32.2. The molecule has 0 spiro atoms. The fourth-order valence-electron chi connectivity index (χ4n) is 4.01. The molecule has 1 saturated heterocycles. The molecule has 0 atom stereocenters. The van der Waals surface area contributed by atoms with Crippen LogP contribution in [0.1, 0.15) is 16.7 Å². The fourth-order valence-corrected chi connectivity index (χ4v) is 4.84. The number of morpholine rings is 1. The van der Waals surface area contributed by atoms with Crippen LogP contribution in [0.5, 0.6) is 0 Å². The van der Waals surface area contributed by atoms with Crippen molar-refractivity contribution < 1.29 is 9.15 Å². The summed E-state index contributed by atoms with van der Waals surface area (Å²) in [6.45, 7) is 4.50. The zero-order chi connectivity index (χ0) is 23.5. The van der Waals surface area contributed by atoms with Crippen molar-refractivity contribution in [1.29, 1.82) is 5.26 Å². The van der Waals surface area contributed by atoms with Gasteiger partial charge in [-0.15, -0.1) is 0 Å². The second kappa shape index (κ2) is 9.67. The largest absolute Gasteiger partial charge is 0.423 e. The molecular formula is C26H22N4O3S. The summed E-state index contributed by atoms with van der Waals surface area (Å²) in [5, 5.41) is 11.5. The molecule has 1 fully saturated rings. The fraction of sp³-hybridized carbons (Fsp3) is 0.231. The van der Waals surface area contributed by atoms with Gasteiger partial charge in [0.25, 0.3) is 0 Å². The van der Waals surface area contributed by atoms with E-state index in [1.807, 2.05) is 55.5 Å². The summed E-state index contributed by atoms with van der Waals surface area (Å²) in [5.41, 5.74) is 4.05. The van der Waals surface area contributed by atoms with Crippen LogP contribution in [0.4, 0.5) is 5.82 Å². The summed E-state index contributed by atoms with van der Waals surface area (Å²) in [7, 11) is 0. The molecule has 7 nitrogen and oxygen atoms in total. The van der Waals surface area contributed by atoms with Crippen molar-refractivity contribution in [2.75, 3.05) is 31.2 Å². The number of ether oxygens (including phenoxy) is 1. The first kappa shape index (κ1) is 22.1. The van der Waals surface area contributed by atoms with Crippen LogP contribution in [0.15, 0.2) is 69.0 Å². The van der Waals surface area contributed by atoms with E-state index in [1.165, 1.54) is 17.8 Å². The van der Waals surface area contributed by atoms with Crippen molar-refractivity contribution in [2.45, 2.75) is 17.8 Å². The molecule has 1 aliphatic heterocycles. The third-order valence-electron chi connectivity index (χ3n) is 5.68. The minimum atomic E-state index is -0.383. The van der Waals surface area contributed by atoms with Gasteiger partial charge in [0, 0.05) is 35.9 Å². The highest BCUT2D eigenvalue weighted by molar-refractivity contribution is 7.98. The zero-order valence-corrected chi connectivity index (χ0v) is 19.5. The topological polar surface area (TPSA) is 92.2 Å². The molecule has 34 heavy (non-hydrogen) atoms. The molecule has 4 aromatic rings. The van der Waals surface area contributed by atoms with Crippen LogP contribution >= 0.6 is 11.8 Å². The van der Waals surface area contributed by atoms with Gasteiger partial charge in [-0.25, -0.2) is 14.8 Å². The van der Waals surface area contributed by atoms with Gasteiger partial charge in [-0.2, -0.15) is 5.26 Å². The Morgan fingerprint density at radius 2 is 1.88 bits per heavy atom. The Bertz CT molecular complexity index is 1440. The Morgan fingerprint density at radius 1 is 1.09 bits per heavy atom. The van der Waals surface area contributed by atoms with E-state index in [0.29, 0.717) is 59.9 Å². The summed E-state index contributed by atoms with van der Waals surface area (Å²) in [6.07, 6.45) is 0. The Morgan fingerprint density at radius 3 is 2.65 bits per heavy atom. The van der Waals surface area contributed by atoms with Gasteiger partial charge in [0.05, 0.1) is 18.9 Å². The van der Waals surface area contributed by atoms with E-state index in [2.05, 4.69) is 11.0 Å². The van der Waals surface area contributed by atoms with Gasteiger partial charge in [-0.3, -0.25) is 0 Å². The second-order valence-corrected chi connectivity index (χ2v) is 8.95. The van der Waals surface area contributed by atoms with Gasteiger partial charge >= 0.3 is 5.63 Å². The van der Waals surface area contributed by atoms with Gasteiger partial charge in [0.2, 0.25) is 0 Å². The van der Waals surface area contributed by atoms with E-state index in [1.54, 1.807) is 0 Å². The minimum Gasteiger partial charge on any atom is -0.423 e. The average molecular weight is 471 g/mol. The maximum atomic E-state index is 12.1. The number of benzene rings is 2. The molecular weight excluding hydrogens is 448 g/mol. The van der Waals surface area contributed by atoms with Crippen molar-refractivity contribution in [3.8, 4) is 17.3 Å². The van der Waals surface area contributed by atoms with Crippen LogP contribution in [-0.4, -0.2) is 36.3 Å². The summed E-state index contributed by atoms with van der Waals surface area (Å²) in [5.74, 6) is 1.12. The summed E-state index contributed by atoms with van der Waals surface area (Å²) in [4.78, 5) is 23.8. The molecule has 2 aromatic heterocycles. The van der Waals surface area contributed by atoms with Crippen LogP contribution in [0.2, 0.25) is 0 Å². The van der Waals surface area contributed by atoms with Crippen LogP contribution in [0.25, 0.3) is 22.2 Å². The quantitative estimate of drug-likeness (QED) is 0.238. The minimum absolute atomic E-state index is 0.383. The van der Waals surface area contributed by atoms with Gasteiger partial charge in [-0.05, 0) is 24.6 Å². The van der Waals surface area contributed by atoms with E-state index in [0.717, 1.165) is 22.1 Å². The maximum absolute atomic E-state index is 12.1. The lowest BCUT2D eigenvalue weighted by atomic mass is 10.1. The molecule has 2 aromatic carbocycles. The lowest BCUT2D eigenvalue weighted by Gasteiger charge is -2.29.